The van der Waals surface area contributed by atoms with E-state index in [9.17, 15) is 18.0 Å². The van der Waals surface area contributed by atoms with Crippen molar-refractivity contribution in [2.45, 2.75) is 31.2 Å². The first kappa shape index (κ1) is 19.1. The van der Waals surface area contributed by atoms with Crippen LogP contribution < -0.4 is 5.32 Å². The molecule has 7 nitrogen and oxygen atoms in total. The Morgan fingerprint density at radius 2 is 1.96 bits per heavy atom. The van der Waals surface area contributed by atoms with E-state index >= 15 is 0 Å². The van der Waals surface area contributed by atoms with Crippen LogP contribution in [0.2, 0.25) is 0 Å². The van der Waals surface area contributed by atoms with Crippen molar-refractivity contribution in [2.24, 2.45) is 0 Å². The average molecular weight is 342 g/mol. The fourth-order valence-corrected chi connectivity index (χ4v) is 2.58. The van der Waals surface area contributed by atoms with E-state index in [0.29, 0.717) is 0 Å². The summed E-state index contributed by atoms with van der Waals surface area (Å²) in [5, 5.41) is 2.67. The van der Waals surface area contributed by atoms with Crippen molar-refractivity contribution >= 4 is 21.9 Å². The van der Waals surface area contributed by atoms with Gasteiger partial charge in [0.05, 0.1) is 10.5 Å². The smallest absolute Gasteiger partial charge is 0.338 e. The van der Waals surface area contributed by atoms with Gasteiger partial charge in [0.25, 0.3) is 5.91 Å². The number of ether oxygens (including phenoxy) is 1. The quantitative estimate of drug-likeness (QED) is 0.747. The molecule has 0 aromatic heterocycles. The molecule has 0 saturated heterocycles. The molecule has 128 valence electrons. The molecule has 1 aromatic carbocycles. The van der Waals surface area contributed by atoms with Gasteiger partial charge in [-0.2, -0.15) is 0 Å². The summed E-state index contributed by atoms with van der Waals surface area (Å²) in [6.07, 6.45) is 0.768. The molecule has 23 heavy (non-hydrogen) atoms. The Labute approximate surface area is 136 Å². The second-order valence-electron chi connectivity index (χ2n) is 5.27. The molecule has 8 heteroatoms. The molecule has 0 saturated carbocycles. The number of carbonyl (C=O) groups is 2. The van der Waals surface area contributed by atoms with Gasteiger partial charge >= 0.3 is 5.97 Å². The monoisotopic (exact) mass is 342 g/mol. The predicted molar refractivity (Wildman–Crippen MR) is 85.5 cm³/mol. The molecule has 1 aromatic rings. The van der Waals surface area contributed by atoms with E-state index in [-0.39, 0.29) is 16.5 Å². The number of amides is 1. The van der Waals surface area contributed by atoms with Gasteiger partial charge < -0.3 is 10.1 Å². The van der Waals surface area contributed by atoms with Crippen molar-refractivity contribution in [2.75, 3.05) is 20.7 Å². The third kappa shape index (κ3) is 5.33. The molecular weight excluding hydrogens is 320 g/mol. The molecule has 1 N–H and O–H groups in total. The van der Waals surface area contributed by atoms with E-state index in [1.807, 2.05) is 13.8 Å². The number of nitrogens with one attached hydrogen (secondary N) is 1. The van der Waals surface area contributed by atoms with Gasteiger partial charge in [0, 0.05) is 20.1 Å². The fraction of sp³-hybridized carbons (Fsp3) is 0.467. The number of sulfonamides is 1. The highest BCUT2D eigenvalue weighted by atomic mass is 32.2. The van der Waals surface area contributed by atoms with Crippen LogP contribution in [0.25, 0.3) is 0 Å². The van der Waals surface area contributed by atoms with E-state index in [1.165, 1.54) is 38.4 Å². The number of hydrogen-bond acceptors (Lipinski definition) is 5. The Hall–Kier alpha value is -1.93. The van der Waals surface area contributed by atoms with Crippen LogP contribution in [-0.4, -0.2) is 51.3 Å². The van der Waals surface area contributed by atoms with Crippen molar-refractivity contribution in [3.05, 3.63) is 29.8 Å². The molecule has 1 atom stereocenters. The lowest BCUT2D eigenvalue weighted by molar-refractivity contribution is -0.124. The van der Waals surface area contributed by atoms with Crippen molar-refractivity contribution in [3.63, 3.8) is 0 Å². The van der Waals surface area contributed by atoms with Gasteiger partial charge in [0.15, 0.2) is 6.61 Å². The SMILES string of the molecule is CC[C@@H](C)NC(=O)COC(=O)c1cccc(S(=O)(=O)N(C)C)c1. The number of hydrogen-bond donors (Lipinski definition) is 1. The van der Waals surface area contributed by atoms with Gasteiger partial charge in [-0.3, -0.25) is 4.79 Å². The van der Waals surface area contributed by atoms with E-state index in [2.05, 4.69) is 5.32 Å². The van der Waals surface area contributed by atoms with Crippen molar-refractivity contribution in [1.82, 2.24) is 9.62 Å². The molecular formula is C15H22N2O5S. The number of esters is 1. The normalized spacial score (nSPS) is 12.7. The van der Waals surface area contributed by atoms with Gasteiger partial charge in [-0.25, -0.2) is 17.5 Å². The summed E-state index contributed by atoms with van der Waals surface area (Å²) < 4.78 is 30.0. The summed E-state index contributed by atoms with van der Waals surface area (Å²) in [4.78, 5) is 23.5. The zero-order chi connectivity index (χ0) is 17.6. The molecule has 0 fully saturated rings. The minimum absolute atomic E-state index is 0.00485. The van der Waals surface area contributed by atoms with Crippen LogP contribution in [0.4, 0.5) is 0 Å². The summed E-state index contributed by atoms with van der Waals surface area (Å²) in [7, 11) is -0.833. The second kappa shape index (κ2) is 8.07. The van der Waals surface area contributed by atoms with E-state index < -0.39 is 28.5 Å². The number of nitrogens with zero attached hydrogens (tertiary/aromatic N) is 1. The molecule has 0 radical (unpaired) electrons. The molecule has 0 heterocycles. The van der Waals surface area contributed by atoms with E-state index in [4.69, 9.17) is 4.74 Å². The molecule has 0 aliphatic rings. The Morgan fingerprint density at radius 3 is 2.52 bits per heavy atom. The van der Waals surface area contributed by atoms with Crippen molar-refractivity contribution < 1.29 is 22.7 Å². The van der Waals surface area contributed by atoms with Crippen LogP contribution in [0.1, 0.15) is 30.6 Å². The first-order chi connectivity index (χ1) is 10.7. The molecule has 0 aliphatic heterocycles. The molecule has 0 unspecified atom stereocenters. The van der Waals surface area contributed by atoms with Gasteiger partial charge in [0.2, 0.25) is 10.0 Å². The van der Waals surface area contributed by atoms with Crippen molar-refractivity contribution in [1.29, 1.82) is 0 Å². The fourth-order valence-electron chi connectivity index (χ4n) is 1.63. The van der Waals surface area contributed by atoms with Crippen LogP contribution in [-0.2, 0) is 19.6 Å². The molecule has 0 bridgehead atoms. The summed E-state index contributed by atoms with van der Waals surface area (Å²) in [5.41, 5.74) is 0.0734. The summed E-state index contributed by atoms with van der Waals surface area (Å²) in [6.45, 7) is 3.36. The van der Waals surface area contributed by atoms with E-state index in [1.54, 1.807) is 0 Å². The minimum atomic E-state index is -3.64. The topological polar surface area (TPSA) is 92.8 Å². The van der Waals surface area contributed by atoms with Crippen LogP contribution >= 0.6 is 0 Å². The summed E-state index contributed by atoms with van der Waals surface area (Å²) >= 11 is 0. The average Bonchev–Trinajstić information content (AvgIpc) is 2.52. The first-order valence-electron chi connectivity index (χ1n) is 7.17. The first-order valence-corrected chi connectivity index (χ1v) is 8.61. The Bertz CT molecular complexity index is 670. The summed E-state index contributed by atoms with van der Waals surface area (Å²) in [6, 6.07) is 5.50. The second-order valence-corrected chi connectivity index (χ2v) is 7.42. The Morgan fingerprint density at radius 1 is 1.30 bits per heavy atom. The Kier molecular flexibility index (Phi) is 6.71. The standard InChI is InChI=1S/C15H22N2O5S/c1-5-11(2)16-14(18)10-22-15(19)12-7-6-8-13(9-12)23(20,21)17(3)4/h6-9,11H,5,10H2,1-4H3,(H,16,18)/t11-/m1/s1. The van der Waals surface area contributed by atoms with E-state index in [0.717, 1.165) is 10.7 Å². The number of benzene rings is 1. The maximum absolute atomic E-state index is 12.0. The summed E-state index contributed by atoms with van der Waals surface area (Å²) in [5.74, 6) is -1.15. The highest BCUT2D eigenvalue weighted by Gasteiger charge is 2.19. The van der Waals surface area contributed by atoms with Gasteiger partial charge in [-0.15, -0.1) is 0 Å². The zero-order valence-corrected chi connectivity index (χ0v) is 14.5. The van der Waals surface area contributed by atoms with Crippen LogP contribution in [0, 0.1) is 0 Å². The molecule has 1 rings (SSSR count). The maximum atomic E-state index is 12.0. The number of carbonyl (C=O) groups excluding carboxylic acids is 2. The van der Waals surface area contributed by atoms with Gasteiger partial charge in [-0.05, 0) is 31.5 Å². The largest absolute Gasteiger partial charge is 0.452 e. The predicted octanol–water partition coefficient (Wildman–Crippen LogP) is 1.01. The highest BCUT2D eigenvalue weighted by Crippen LogP contribution is 2.15. The third-order valence-electron chi connectivity index (χ3n) is 3.20. The number of rotatable bonds is 7. The highest BCUT2D eigenvalue weighted by molar-refractivity contribution is 7.89. The minimum Gasteiger partial charge on any atom is -0.452 e. The third-order valence-corrected chi connectivity index (χ3v) is 5.01. The lowest BCUT2D eigenvalue weighted by Gasteiger charge is -2.13. The zero-order valence-electron chi connectivity index (χ0n) is 13.7. The van der Waals surface area contributed by atoms with Gasteiger partial charge in [-0.1, -0.05) is 13.0 Å². The molecule has 0 aliphatic carbocycles. The van der Waals surface area contributed by atoms with Crippen LogP contribution in [0.3, 0.4) is 0 Å². The Balaban J connectivity index is 2.77. The molecule has 1 amide bonds. The maximum Gasteiger partial charge on any atom is 0.338 e. The van der Waals surface area contributed by atoms with Gasteiger partial charge in [0.1, 0.15) is 0 Å². The van der Waals surface area contributed by atoms with Crippen LogP contribution in [0.15, 0.2) is 29.2 Å². The lowest BCUT2D eigenvalue weighted by atomic mass is 10.2. The van der Waals surface area contributed by atoms with Crippen LogP contribution in [0.5, 0.6) is 0 Å². The molecule has 0 spiro atoms. The lowest BCUT2D eigenvalue weighted by Crippen LogP contribution is -2.35. The van der Waals surface area contributed by atoms with Crippen molar-refractivity contribution in [3.8, 4) is 0 Å².